The summed E-state index contributed by atoms with van der Waals surface area (Å²) in [6, 6.07) is 8.86. The van der Waals surface area contributed by atoms with Crippen molar-refractivity contribution >= 4 is 27.5 Å². The van der Waals surface area contributed by atoms with Crippen LogP contribution in [-0.4, -0.2) is 59.6 Å². The monoisotopic (exact) mass is 477 g/mol. The van der Waals surface area contributed by atoms with Gasteiger partial charge in [-0.05, 0) is 49.2 Å². The number of anilines is 1. The molecule has 2 aromatic carbocycles. The summed E-state index contributed by atoms with van der Waals surface area (Å²) in [5, 5.41) is 7.87. The first-order valence-electron chi connectivity index (χ1n) is 10.2. The number of hydrogen-bond acceptors (Lipinski definition) is 7. The van der Waals surface area contributed by atoms with E-state index >= 15 is 0 Å². The van der Waals surface area contributed by atoms with Gasteiger partial charge in [-0.3, -0.25) is 9.59 Å². The van der Waals surface area contributed by atoms with Gasteiger partial charge in [-0.1, -0.05) is 0 Å². The maximum Gasteiger partial charge on any atom is 0.254 e. The third-order valence-corrected chi connectivity index (χ3v) is 6.44. The second-order valence-electron chi connectivity index (χ2n) is 7.54. The Morgan fingerprint density at radius 1 is 0.970 bits per heavy atom. The van der Waals surface area contributed by atoms with E-state index in [1.165, 1.54) is 45.6 Å². The topological polar surface area (TPSA) is 137 Å². The quantitative estimate of drug-likeness (QED) is 0.621. The molecule has 0 aromatic heterocycles. The summed E-state index contributed by atoms with van der Waals surface area (Å²) in [7, 11) is 0.669. The molecule has 2 amide bonds. The Bertz CT molecular complexity index is 1100. The molecular formula is C22H27N3O7S. The number of methoxy groups -OCH3 is 3. The Labute approximate surface area is 192 Å². The molecule has 0 unspecified atom stereocenters. The number of sulfonamides is 1. The van der Waals surface area contributed by atoms with Crippen molar-refractivity contribution in [2.45, 2.75) is 17.7 Å². The van der Waals surface area contributed by atoms with Crippen molar-refractivity contribution in [1.29, 1.82) is 0 Å². The summed E-state index contributed by atoms with van der Waals surface area (Å²) in [4.78, 5) is 27.3. The molecule has 3 N–H and O–H groups in total. The summed E-state index contributed by atoms with van der Waals surface area (Å²) in [6.07, 6.45) is 0.995. The number of piperidine rings is 1. The Morgan fingerprint density at radius 3 is 1.97 bits per heavy atom. The van der Waals surface area contributed by atoms with E-state index in [-0.39, 0.29) is 22.6 Å². The second kappa shape index (κ2) is 10.1. The minimum Gasteiger partial charge on any atom is -0.493 e. The lowest BCUT2D eigenvalue weighted by atomic mass is 9.95. The summed E-state index contributed by atoms with van der Waals surface area (Å²) >= 11 is 0. The van der Waals surface area contributed by atoms with E-state index < -0.39 is 10.0 Å². The summed E-state index contributed by atoms with van der Waals surface area (Å²) in [5.41, 5.74) is 0.880. The number of benzene rings is 2. The predicted molar refractivity (Wildman–Crippen MR) is 121 cm³/mol. The zero-order valence-corrected chi connectivity index (χ0v) is 19.5. The van der Waals surface area contributed by atoms with Gasteiger partial charge < -0.3 is 24.4 Å². The SMILES string of the molecule is COc1cc(C(=O)N2CCC(C(=O)Nc3ccc(S(N)(=O)=O)cc3)CC2)cc(OC)c1OC. The zero-order valence-electron chi connectivity index (χ0n) is 18.7. The van der Waals surface area contributed by atoms with Crippen LogP contribution in [0, 0.1) is 5.92 Å². The van der Waals surface area contributed by atoms with Crippen LogP contribution in [-0.2, 0) is 14.8 Å². The molecule has 11 heteroatoms. The number of amides is 2. The molecule has 1 fully saturated rings. The van der Waals surface area contributed by atoms with Crippen LogP contribution >= 0.6 is 0 Å². The number of carbonyl (C=O) groups excluding carboxylic acids is 2. The third-order valence-electron chi connectivity index (χ3n) is 5.52. The molecule has 3 rings (SSSR count). The molecule has 1 aliphatic rings. The van der Waals surface area contributed by atoms with E-state index in [2.05, 4.69) is 5.32 Å². The number of carbonyl (C=O) groups is 2. The van der Waals surface area contributed by atoms with Crippen molar-refractivity contribution in [3.63, 3.8) is 0 Å². The van der Waals surface area contributed by atoms with Gasteiger partial charge in [0, 0.05) is 30.3 Å². The van der Waals surface area contributed by atoms with Gasteiger partial charge in [-0.15, -0.1) is 0 Å². The van der Waals surface area contributed by atoms with E-state index in [1.807, 2.05) is 0 Å². The van der Waals surface area contributed by atoms with E-state index in [9.17, 15) is 18.0 Å². The third kappa shape index (κ3) is 5.55. The molecule has 0 spiro atoms. The van der Waals surface area contributed by atoms with Crippen LogP contribution in [0.2, 0.25) is 0 Å². The van der Waals surface area contributed by atoms with Gasteiger partial charge in [0.2, 0.25) is 21.7 Å². The number of rotatable bonds is 7. The number of likely N-dealkylation sites (tertiary alicyclic amines) is 1. The lowest BCUT2D eigenvalue weighted by Gasteiger charge is -2.31. The molecule has 1 heterocycles. The fraction of sp³-hybridized carbons (Fsp3) is 0.364. The normalized spacial score (nSPS) is 14.5. The fourth-order valence-corrected chi connectivity index (χ4v) is 4.22. The molecule has 0 bridgehead atoms. The number of ether oxygens (including phenoxy) is 3. The first-order valence-corrected chi connectivity index (χ1v) is 11.8. The van der Waals surface area contributed by atoms with Crippen LogP contribution in [0.15, 0.2) is 41.3 Å². The first-order chi connectivity index (χ1) is 15.7. The fourth-order valence-electron chi connectivity index (χ4n) is 3.70. The molecule has 0 saturated carbocycles. The summed E-state index contributed by atoms with van der Waals surface area (Å²) in [6.45, 7) is 0.829. The second-order valence-corrected chi connectivity index (χ2v) is 9.10. The van der Waals surface area contributed by atoms with Gasteiger partial charge >= 0.3 is 0 Å². The van der Waals surface area contributed by atoms with Gasteiger partial charge in [0.05, 0.1) is 26.2 Å². The van der Waals surface area contributed by atoms with Crippen LogP contribution in [0.4, 0.5) is 5.69 Å². The average Bonchev–Trinajstić information content (AvgIpc) is 2.82. The van der Waals surface area contributed by atoms with Gasteiger partial charge in [0.15, 0.2) is 11.5 Å². The minimum atomic E-state index is -3.79. The lowest BCUT2D eigenvalue weighted by Crippen LogP contribution is -2.41. The Hall–Kier alpha value is -3.31. The molecule has 1 saturated heterocycles. The Morgan fingerprint density at radius 2 is 1.52 bits per heavy atom. The standard InChI is InChI=1S/C22H27N3O7S/c1-30-18-12-15(13-19(31-2)20(18)32-3)22(27)25-10-8-14(9-11-25)21(26)24-16-4-6-17(7-5-16)33(23,28)29/h4-7,12-14H,8-11H2,1-3H3,(H,24,26)(H2,23,28,29). The van der Waals surface area contributed by atoms with Gasteiger partial charge in [-0.2, -0.15) is 0 Å². The summed E-state index contributed by atoms with van der Waals surface area (Å²) in [5.74, 6) is 0.548. The number of hydrogen-bond donors (Lipinski definition) is 2. The van der Waals surface area contributed by atoms with Crippen molar-refractivity contribution in [3.8, 4) is 17.2 Å². The lowest BCUT2D eigenvalue weighted by molar-refractivity contribution is -0.121. The van der Waals surface area contributed by atoms with Crippen molar-refractivity contribution in [2.24, 2.45) is 11.1 Å². The Balaban J connectivity index is 1.62. The van der Waals surface area contributed by atoms with E-state index in [1.54, 1.807) is 17.0 Å². The number of nitrogens with one attached hydrogen (secondary N) is 1. The molecule has 178 valence electrons. The highest BCUT2D eigenvalue weighted by molar-refractivity contribution is 7.89. The highest BCUT2D eigenvalue weighted by Crippen LogP contribution is 2.38. The highest BCUT2D eigenvalue weighted by Gasteiger charge is 2.29. The summed E-state index contributed by atoms with van der Waals surface area (Å²) < 4.78 is 38.6. The van der Waals surface area contributed by atoms with Crippen molar-refractivity contribution < 1.29 is 32.2 Å². The molecular weight excluding hydrogens is 450 g/mol. The van der Waals surface area contributed by atoms with Gasteiger partial charge in [0.25, 0.3) is 5.91 Å². The molecule has 2 aromatic rings. The largest absolute Gasteiger partial charge is 0.493 e. The van der Waals surface area contributed by atoms with Crippen molar-refractivity contribution in [3.05, 3.63) is 42.0 Å². The zero-order chi connectivity index (χ0) is 24.2. The molecule has 0 atom stereocenters. The van der Waals surface area contributed by atoms with Crippen LogP contribution in [0.1, 0.15) is 23.2 Å². The van der Waals surface area contributed by atoms with Crippen molar-refractivity contribution in [1.82, 2.24) is 4.90 Å². The van der Waals surface area contributed by atoms with Crippen LogP contribution in [0.3, 0.4) is 0 Å². The molecule has 0 aliphatic carbocycles. The number of nitrogens with zero attached hydrogens (tertiary/aromatic N) is 1. The van der Waals surface area contributed by atoms with Crippen LogP contribution in [0.5, 0.6) is 17.2 Å². The van der Waals surface area contributed by atoms with Crippen LogP contribution < -0.4 is 24.7 Å². The van der Waals surface area contributed by atoms with E-state index in [0.29, 0.717) is 54.4 Å². The number of nitrogens with two attached hydrogens (primary N) is 1. The number of primary sulfonamides is 1. The molecule has 1 aliphatic heterocycles. The van der Waals surface area contributed by atoms with Crippen molar-refractivity contribution in [2.75, 3.05) is 39.7 Å². The first kappa shape index (κ1) is 24.3. The Kier molecular flexibility index (Phi) is 7.44. The van der Waals surface area contributed by atoms with Gasteiger partial charge in [-0.25, -0.2) is 13.6 Å². The predicted octanol–water partition coefficient (Wildman–Crippen LogP) is 1.85. The molecule has 0 radical (unpaired) electrons. The molecule has 33 heavy (non-hydrogen) atoms. The molecule has 10 nitrogen and oxygen atoms in total. The highest BCUT2D eigenvalue weighted by atomic mass is 32.2. The van der Waals surface area contributed by atoms with E-state index in [0.717, 1.165) is 0 Å². The van der Waals surface area contributed by atoms with Crippen LogP contribution in [0.25, 0.3) is 0 Å². The maximum atomic E-state index is 13.0. The average molecular weight is 478 g/mol. The van der Waals surface area contributed by atoms with Gasteiger partial charge in [0.1, 0.15) is 0 Å². The maximum absolute atomic E-state index is 13.0. The minimum absolute atomic E-state index is 0.0286. The smallest absolute Gasteiger partial charge is 0.254 e. The van der Waals surface area contributed by atoms with E-state index in [4.69, 9.17) is 19.3 Å².